The third-order valence-electron chi connectivity index (χ3n) is 2.76. The molecule has 0 saturated carbocycles. The standard InChI is InChI=1S/C14H21NO3/c1-14(2,13(16)18-4)15-9-11-5-7-12(8-6-11)10-17-3/h5-8,15H,9-10H2,1-4H3. The van der Waals surface area contributed by atoms with Gasteiger partial charge >= 0.3 is 5.97 Å². The molecule has 18 heavy (non-hydrogen) atoms. The van der Waals surface area contributed by atoms with Crippen molar-refractivity contribution >= 4 is 5.97 Å². The van der Waals surface area contributed by atoms with Gasteiger partial charge in [-0.05, 0) is 25.0 Å². The fourth-order valence-electron chi connectivity index (χ4n) is 1.57. The summed E-state index contributed by atoms with van der Waals surface area (Å²) >= 11 is 0. The lowest BCUT2D eigenvalue weighted by Gasteiger charge is -2.23. The molecule has 0 unspecified atom stereocenters. The van der Waals surface area contributed by atoms with Gasteiger partial charge in [0.05, 0.1) is 13.7 Å². The molecule has 0 aliphatic heterocycles. The molecule has 1 N–H and O–H groups in total. The van der Waals surface area contributed by atoms with Gasteiger partial charge in [-0.3, -0.25) is 10.1 Å². The maximum absolute atomic E-state index is 11.5. The van der Waals surface area contributed by atoms with Crippen LogP contribution in [0.15, 0.2) is 24.3 Å². The lowest BCUT2D eigenvalue weighted by Crippen LogP contribution is -2.46. The van der Waals surface area contributed by atoms with E-state index >= 15 is 0 Å². The van der Waals surface area contributed by atoms with Crippen molar-refractivity contribution < 1.29 is 14.3 Å². The molecule has 0 bridgehead atoms. The third kappa shape index (κ3) is 4.13. The Morgan fingerprint density at radius 1 is 1.17 bits per heavy atom. The van der Waals surface area contributed by atoms with E-state index in [0.29, 0.717) is 13.2 Å². The van der Waals surface area contributed by atoms with Crippen LogP contribution in [0.5, 0.6) is 0 Å². The van der Waals surface area contributed by atoms with Gasteiger partial charge in [0.2, 0.25) is 0 Å². The van der Waals surface area contributed by atoms with E-state index in [1.165, 1.54) is 7.11 Å². The largest absolute Gasteiger partial charge is 0.468 e. The van der Waals surface area contributed by atoms with Crippen molar-refractivity contribution in [2.24, 2.45) is 0 Å². The van der Waals surface area contributed by atoms with Crippen LogP contribution < -0.4 is 5.32 Å². The van der Waals surface area contributed by atoms with Gasteiger partial charge in [0.1, 0.15) is 5.54 Å². The van der Waals surface area contributed by atoms with Crippen LogP contribution in [-0.4, -0.2) is 25.7 Å². The van der Waals surface area contributed by atoms with Crippen LogP contribution in [0.3, 0.4) is 0 Å². The van der Waals surface area contributed by atoms with Crippen LogP contribution >= 0.6 is 0 Å². The average Bonchev–Trinajstić information content (AvgIpc) is 2.37. The van der Waals surface area contributed by atoms with Gasteiger partial charge in [-0.15, -0.1) is 0 Å². The molecule has 1 rings (SSSR count). The zero-order valence-electron chi connectivity index (χ0n) is 11.4. The van der Waals surface area contributed by atoms with Crippen LogP contribution in [0.2, 0.25) is 0 Å². The molecule has 4 nitrogen and oxygen atoms in total. The van der Waals surface area contributed by atoms with Crippen LogP contribution in [0.25, 0.3) is 0 Å². The molecule has 0 saturated heterocycles. The molecule has 100 valence electrons. The van der Waals surface area contributed by atoms with Crippen LogP contribution in [0.1, 0.15) is 25.0 Å². The summed E-state index contributed by atoms with van der Waals surface area (Å²) in [7, 11) is 3.07. The zero-order valence-corrected chi connectivity index (χ0v) is 11.4. The van der Waals surface area contributed by atoms with Crippen molar-refractivity contribution in [1.29, 1.82) is 0 Å². The summed E-state index contributed by atoms with van der Waals surface area (Å²) in [6, 6.07) is 8.08. The number of carbonyl (C=O) groups is 1. The average molecular weight is 251 g/mol. The molecule has 0 aliphatic rings. The molecule has 0 spiro atoms. The number of benzene rings is 1. The Morgan fingerprint density at radius 2 is 1.72 bits per heavy atom. The van der Waals surface area contributed by atoms with E-state index in [0.717, 1.165) is 11.1 Å². The van der Waals surface area contributed by atoms with Crippen molar-refractivity contribution in [3.8, 4) is 0 Å². The molecule has 1 aromatic rings. The molecule has 0 amide bonds. The van der Waals surface area contributed by atoms with Gasteiger partial charge in [0.15, 0.2) is 0 Å². The third-order valence-corrected chi connectivity index (χ3v) is 2.76. The first-order valence-electron chi connectivity index (χ1n) is 5.90. The molecule has 0 fully saturated rings. The quantitative estimate of drug-likeness (QED) is 0.784. The van der Waals surface area contributed by atoms with Crippen LogP contribution in [-0.2, 0) is 27.4 Å². The van der Waals surface area contributed by atoms with E-state index in [4.69, 9.17) is 9.47 Å². The first kappa shape index (κ1) is 14.7. The van der Waals surface area contributed by atoms with Crippen molar-refractivity contribution in [2.45, 2.75) is 32.5 Å². The van der Waals surface area contributed by atoms with Gasteiger partial charge in [-0.2, -0.15) is 0 Å². The van der Waals surface area contributed by atoms with Crippen molar-refractivity contribution in [3.63, 3.8) is 0 Å². The van der Waals surface area contributed by atoms with E-state index in [1.807, 2.05) is 24.3 Å². The Labute approximate surface area is 108 Å². The first-order valence-corrected chi connectivity index (χ1v) is 5.90. The second-order valence-electron chi connectivity index (χ2n) is 4.72. The van der Waals surface area contributed by atoms with E-state index < -0.39 is 5.54 Å². The zero-order chi connectivity index (χ0) is 13.6. The molecule has 0 radical (unpaired) electrons. The molecule has 0 heterocycles. The maximum atomic E-state index is 11.5. The number of carbonyl (C=O) groups excluding carboxylic acids is 1. The smallest absolute Gasteiger partial charge is 0.325 e. The second kappa shape index (κ2) is 6.52. The minimum absolute atomic E-state index is 0.265. The van der Waals surface area contributed by atoms with E-state index in [9.17, 15) is 4.79 Å². The van der Waals surface area contributed by atoms with Gasteiger partial charge in [0.25, 0.3) is 0 Å². The summed E-state index contributed by atoms with van der Waals surface area (Å²) < 4.78 is 9.79. The predicted molar refractivity (Wildman–Crippen MR) is 70.1 cm³/mol. The topological polar surface area (TPSA) is 47.6 Å². The van der Waals surface area contributed by atoms with Gasteiger partial charge < -0.3 is 9.47 Å². The SMILES string of the molecule is COCc1ccc(CNC(C)(C)C(=O)OC)cc1. The highest BCUT2D eigenvalue weighted by molar-refractivity contribution is 5.79. The minimum atomic E-state index is -0.681. The monoisotopic (exact) mass is 251 g/mol. The summed E-state index contributed by atoms with van der Waals surface area (Å²) in [5, 5.41) is 3.17. The maximum Gasteiger partial charge on any atom is 0.325 e. The van der Waals surface area contributed by atoms with Crippen LogP contribution in [0.4, 0.5) is 0 Å². The number of hydrogen-bond acceptors (Lipinski definition) is 4. The lowest BCUT2D eigenvalue weighted by molar-refractivity contribution is -0.147. The highest BCUT2D eigenvalue weighted by Crippen LogP contribution is 2.09. The summed E-state index contributed by atoms with van der Waals surface area (Å²) in [5.74, 6) is -0.265. The Hall–Kier alpha value is -1.39. The highest BCUT2D eigenvalue weighted by Gasteiger charge is 2.27. The first-order chi connectivity index (χ1) is 8.49. The van der Waals surface area contributed by atoms with E-state index in [-0.39, 0.29) is 5.97 Å². The Kier molecular flexibility index (Phi) is 5.31. The molecular weight excluding hydrogens is 230 g/mol. The molecular formula is C14H21NO3. The molecule has 0 aromatic heterocycles. The van der Waals surface area contributed by atoms with Crippen LogP contribution in [0, 0.1) is 0 Å². The number of ether oxygens (including phenoxy) is 2. The van der Waals surface area contributed by atoms with Crippen molar-refractivity contribution in [2.75, 3.05) is 14.2 Å². The summed E-state index contributed by atoms with van der Waals surface area (Å²) in [4.78, 5) is 11.5. The minimum Gasteiger partial charge on any atom is -0.468 e. The van der Waals surface area contributed by atoms with E-state index in [1.54, 1.807) is 21.0 Å². The predicted octanol–water partition coefficient (Wildman–Crippen LogP) is 1.87. The number of hydrogen-bond donors (Lipinski definition) is 1. The van der Waals surface area contributed by atoms with Gasteiger partial charge in [0, 0.05) is 13.7 Å². The van der Waals surface area contributed by atoms with Gasteiger partial charge in [-0.1, -0.05) is 24.3 Å². The fraction of sp³-hybridized carbons (Fsp3) is 0.500. The molecule has 0 aliphatic carbocycles. The number of esters is 1. The molecule has 0 atom stereocenters. The van der Waals surface area contributed by atoms with Crippen molar-refractivity contribution in [3.05, 3.63) is 35.4 Å². The fourth-order valence-corrected chi connectivity index (χ4v) is 1.57. The summed E-state index contributed by atoms with van der Waals surface area (Å²) in [6.45, 7) is 4.84. The number of rotatable bonds is 6. The normalized spacial score (nSPS) is 11.3. The second-order valence-corrected chi connectivity index (χ2v) is 4.72. The molecule has 4 heteroatoms. The highest BCUT2D eigenvalue weighted by atomic mass is 16.5. The Morgan fingerprint density at radius 3 is 2.22 bits per heavy atom. The lowest BCUT2D eigenvalue weighted by atomic mass is 10.1. The number of methoxy groups -OCH3 is 2. The summed E-state index contributed by atoms with van der Waals surface area (Å²) in [6.07, 6.45) is 0. The molecule has 1 aromatic carbocycles. The van der Waals surface area contributed by atoms with Crippen molar-refractivity contribution in [1.82, 2.24) is 5.32 Å². The summed E-state index contributed by atoms with van der Waals surface area (Å²) in [5.41, 5.74) is 1.57. The van der Waals surface area contributed by atoms with E-state index in [2.05, 4.69) is 5.32 Å². The Bertz CT molecular complexity index is 385. The Balaban J connectivity index is 2.55. The number of nitrogens with one attached hydrogen (secondary N) is 1. The van der Waals surface area contributed by atoms with Gasteiger partial charge in [-0.25, -0.2) is 0 Å².